The summed E-state index contributed by atoms with van der Waals surface area (Å²) in [6, 6.07) is -1.01. The van der Waals surface area contributed by atoms with Crippen LogP contribution in [0.15, 0.2) is 12.4 Å². The number of amides is 3. The maximum Gasteiger partial charge on any atom is 0.359 e. The third-order valence-corrected chi connectivity index (χ3v) is 1.59. The summed E-state index contributed by atoms with van der Waals surface area (Å²) in [5.41, 5.74) is 5.31. The minimum atomic E-state index is -1.01. The molecule has 1 heterocycles. The zero-order chi connectivity index (χ0) is 12.8. The van der Waals surface area contributed by atoms with Crippen molar-refractivity contribution in [2.75, 3.05) is 6.61 Å². The van der Waals surface area contributed by atoms with Gasteiger partial charge in [0.2, 0.25) is 0 Å². The number of urea groups is 1. The van der Waals surface area contributed by atoms with Gasteiger partial charge in [0, 0.05) is 6.20 Å². The van der Waals surface area contributed by atoms with Gasteiger partial charge in [0.15, 0.2) is 12.3 Å². The monoisotopic (exact) mass is 238 g/mol. The van der Waals surface area contributed by atoms with E-state index in [0.717, 1.165) is 0 Å². The maximum absolute atomic E-state index is 11.3. The molecule has 3 amide bonds. The van der Waals surface area contributed by atoms with E-state index in [-0.39, 0.29) is 5.69 Å². The lowest BCUT2D eigenvalue weighted by molar-refractivity contribution is -0.123. The number of hydrogen-bond acceptors (Lipinski definition) is 6. The lowest BCUT2D eigenvalue weighted by Gasteiger charge is -2.03. The van der Waals surface area contributed by atoms with E-state index < -0.39 is 24.5 Å². The van der Waals surface area contributed by atoms with E-state index in [2.05, 4.69) is 14.7 Å². The molecule has 0 bridgehead atoms. The first-order valence-electron chi connectivity index (χ1n) is 4.54. The molecule has 3 N–H and O–H groups in total. The molecule has 0 aliphatic rings. The largest absolute Gasteiger partial charge is 0.451 e. The van der Waals surface area contributed by atoms with Crippen LogP contribution in [0.2, 0.25) is 0 Å². The summed E-state index contributed by atoms with van der Waals surface area (Å²) in [4.78, 5) is 40.1. The van der Waals surface area contributed by atoms with Gasteiger partial charge in [-0.3, -0.25) is 15.1 Å². The van der Waals surface area contributed by atoms with Crippen molar-refractivity contribution in [1.82, 2.24) is 15.3 Å². The number of aryl methyl sites for hydroxylation is 1. The maximum atomic E-state index is 11.3. The van der Waals surface area contributed by atoms with Gasteiger partial charge in [0.05, 0.1) is 11.9 Å². The highest BCUT2D eigenvalue weighted by atomic mass is 16.5. The van der Waals surface area contributed by atoms with Crippen LogP contribution in [0.3, 0.4) is 0 Å². The number of nitrogens with two attached hydrogens (primary N) is 1. The van der Waals surface area contributed by atoms with E-state index in [1.54, 1.807) is 12.2 Å². The van der Waals surface area contributed by atoms with E-state index in [4.69, 9.17) is 5.73 Å². The van der Waals surface area contributed by atoms with Crippen LogP contribution in [-0.2, 0) is 9.53 Å². The first-order chi connectivity index (χ1) is 7.99. The summed E-state index contributed by atoms with van der Waals surface area (Å²) in [5, 5.41) is 1.75. The SMILES string of the molecule is Cc1cnc(C(=O)OCC(=O)NC(N)=O)cn1. The Hall–Kier alpha value is -2.51. The second-order valence-corrected chi connectivity index (χ2v) is 3.03. The first-order valence-corrected chi connectivity index (χ1v) is 4.54. The third kappa shape index (κ3) is 4.24. The molecule has 1 aromatic heterocycles. The van der Waals surface area contributed by atoms with Crippen molar-refractivity contribution in [1.29, 1.82) is 0 Å². The van der Waals surface area contributed by atoms with Crippen LogP contribution in [0.25, 0.3) is 0 Å². The quantitative estimate of drug-likeness (QED) is 0.660. The lowest BCUT2D eigenvalue weighted by Crippen LogP contribution is -2.37. The summed E-state index contributed by atoms with van der Waals surface area (Å²) in [6.45, 7) is 1.10. The van der Waals surface area contributed by atoms with Gasteiger partial charge in [-0.05, 0) is 6.92 Å². The Labute approximate surface area is 96.2 Å². The molecule has 8 nitrogen and oxygen atoms in total. The fraction of sp³-hybridized carbons (Fsp3) is 0.222. The van der Waals surface area contributed by atoms with Gasteiger partial charge in [-0.2, -0.15) is 0 Å². The number of ether oxygens (including phenoxy) is 1. The highest BCUT2D eigenvalue weighted by molar-refractivity contribution is 5.95. The standard InChI is InChI=1S/C9H10N4O4/c1-5-2-12-6(3-11-5)8(15)17-4-7(14)13-9(10)16/h2-3H,4H2,1H3,(H3,10,13,14,16). The highest BCUT2D eigenvalue weighted by Gasteiger charge is 2.12. The number of carbonyl (C=O) groups is 3. The molecule has 8 heteroatoms. The molecule has 17 heavy (non-hydrogen) atoms. The Bertz CT molecular complexity index is 443. The predicted molar refractivity (Wildman–Crippen MR) is 54.8 cm³/mol. The molecule has 90 valence electrons. The van der Waals surface area contributed by atoms with E-state index in [1.165, 1.54) is 12.4 Å². The minimum absolute atomic E-state index is 0.0255. The number of esters is 1. The highest BCUT2D eigenvalue weighted by Crippen LogP contribution is 1.96. The molecule has 0 aliphatic carbocycles. The molecule has 0 aromatic carbocycles. The molecule has 1 rings (SSSR count). The Morgan fingerprint density at radius 2 is 2.06 bits per heavy atom. The summed E-state index contributed by atoms with van der Waals surface area (Å²) in [7, 11) is 0. The predicted octanol–water partition coefficient (Wildman–Crippen LogP) is -0.863. The van der Waals surface area contributed by atoms with Gasteiger partial charge < -0.3 is 10.5 Å². The van der Waals surface area contributed by atoms with Crippen LogP contribution in [-0.4, -0.2) is 34.5 Å². The molecule has 0 radical (unpaired) electrons. The number of nitrogens with zero attached hydrogens (tertiary/aromatic N) is 2. The summed E-state index contributed by atoms with van der Waals surface area (Å²) in [5.74, 6) is -1.62. The second kappa shape index (κ2) is 5.54. The summed E-state index contributed by atoms with van der Waals surface area (Å²) in [6.07, 6.45) is 2.61. The normalized spacial score (nSPS) is 9.47. The fourth-order valence-corrected chi connectivity index (χ4v) is 0.877. The van der Waals surface area contributed by atoms with Crippen molar-refractivity contribution in [3.8, 4) is 0 Å². The fourth-order valence-electron chi connectivity index (χ4n) is 0.877. The van der Waals surface area contributed by atoms with Crippen molar-refractivity contribution >= 4 is 17.9 Å². The number of aromatic nitrogens is 2. The Balaban J connectivity index is 2.47. The molecule has 0 aliphatic heterocycles. The number of nitrogens with one attached hydrogen (secondary N) is 1. The molecule has 0 fully saturated rings. The molecule has 0 saturated carbocycles. The number of imide groups is 1. The number of rotatable bonds is 3. The topological polar surface area (TPSA) is 124 Å². The third-order valence-electron chi connectivity index (χ3n) is 1.59. The molecular weight excluding hydrogens is 228 g/mol. The Kier molecular flexibility index (Phi) is 4.09. The molecule has 0 unspecified atom stereocenters. The lowest BCUT2D eigenvalue weighted by atomic mass is 10.4. The average Bonchev–Trinajstić information content (AvgIpc) is 2.26. The van der Waals surface area contributed by atoms with Crippen LogP contribution in [0, 0.1) is 6.92 Å². The van der Waals surface area contributed by atoms with E-state index in [1.807, 2.05) is 0 Å². The van der Waals surface area contributed by atoms with Gasteiger partial charge >= 0.3 is 12.0 Å². The van der Waals surface area contributed by atoms with Crippen LogP contribution in [0.5, 0.6) is 0 Å². The number of primary amides is 1. The van der Waals surface area contributed by atoms with Gasteiger partial charge in [0.1, 0.15) is 0 Å². The van der Waals surface area contributed by atoms with Crippen LogP contribution in [0.1, 0.15) is 16.2 Å². The average molecular weight is 238 g/mol. The minimum Gasteiger partial charge on any atom is -0.451 e. The molecular formula is C9H10N4O4. The smallest absolute Gasteiger partial charge is 0.359 e. The van der Waals surface area contributed by atoms with E-state index in [0.29, 0.717) is 5.69 Å². The Morgan fingerprint density at radius 3 is 2.59 bits per heavy atom. The van der Waals surface area contributed by atoms with Crippen molar-refractivity contribution in [2.24, 2.45) is 5.73 Å². The Morgan fingerprint density at radius 1 is 1.35 bits per heavy atom. The summed E-state index contributed by atoms with van der Waals surface area (Å²) < 4.78 is 4.57. The van der Waals surface area contributed by atoms with Gasteiger partial charge in [-0.15, -0.1) is 0 Å². The second-order valence-electron chi connectivity index (χ2n) is 3.03. The van der Waals surface area contributed by atoms with E-state index in [9.17, 15) is 14.4 Å². The van der Waals surface area contributed by atoms with Gasteiger partial charge in [-0.1, -0.05) is 0 Å². The van der Waals surface area contributed by atoms with Crippen LogP contribution < -0.4 is 11.1 Å². The van der Waals surface area contributed by atoms with Crippen LogP contribution >= 0.6 is 0 Å². The zero-order valence-electron chi connectivity index (χ0n) is 8.97. The van der Waals surface area contributed by atoms with Crippen molar-refractivity contribution in [2.45, 2.75) is 6.92 Å². The molecule has 0 saturated heterocycles. The number of carbonyl (C=O) groups excluding carboxylic acids is 3. The zero-order valence-corrected chi connectivity index (χ0v) is 8.97. The molecule has 0 spiro atoms. The van der Waals surface area contributed by atoms with Gasteiger partial charge in [0.25, 0.3) is 5.91 Å². The van der Waals surface area contributed by atoms with Crippen molar-refractivity contribution in [3.05, 3.63) is 23.8 Å². The van der Waals surface area contributed by atoms with Crippen LogP contribution in [0.4, 0.5) is 4.79 Å². The molecule has 1 aromatic rings. The summed E-state index contributed by atoms with van der Waals surface area (Å²) >= 11 is 0. The molecule has 0 atom stereocenters. The van der Waals surface area contributed by atoms with Crippen molar-refractivity contribution < 1.29 is 19.1 Å². The first kappa shape index (κ1) is 12.6. The van der Waals surface area contributed by atoms with Gasteiger partial charge in [-0.25, -0.2) is 14.6 Å². The van der Waals surface area contributed by atoms with Crippen molar-refractivity contribution in [3.63, 3.8) is 0 Å². The number of hydrogen-bond donors (Lipinski definition) is 2. The van der Waals surface area contributed by atoms with E-state index >= 15 is 0 Å².